The van der Waals surface area contributed by atoms with Gasteiger partial charge in [-0.1, -0.05) is 61.4 Å². The minimum atomic E-state index is -0.763. The average Bonchev–Trinajstić information content (AvgIpc) is 3.60. The zero-order valence-electron chi connectivity index (χ0n) is 19.7. The molecule has 3 N–H and O–H groups in total. The van der Waals surface area contributed by atoms with Gasteiger partial charge in [0.1, 0.15) is 6.61 Å². The molecule has 0 unspecified atom stereocenters. The van der Waals surface area contributed by atoms with Gasteiger partial charge in [0.2, 0.25) is 5.91 Å². The topological polar surface area (TPSA) is 105 Å². The number of rotatable bonds is 8. The van der Waals surface area contributed by atoms with E-state index in [4.69, 9.17) is 4.74 Å². The SMILES string of the molecule is O=C(NC[C@@H]1C[C@@H]1C(=O)NC[C@@H]1CCCC[C@@H]1C(=O)O)OCC1c2ccccc2-c2ccccc21. The second kappa shape index (κ2) is 10.1. The van der Waals surface area contributed by atoms with E-state index in [2.05, 4.69) is 34.9 Å². The second-order valence-corrected chi connectivity index (χ2v) is 10.0. The second-order valence-electron chi connectivity index (χ2n) is 10.0. The smallest absolute Gasteiger partial charge is 0.407 e. The summed E-state index contributed by atoms with van der Waals surface area (Å²) in [5.74, 6) is -1.19. The van der Waals surface area contributed by atoms with Crippen molar-refractivity contribution in [3.8, 4) is 11.1 Å². The molecule has 2 fully saturated rings. The summed E-state index contributed by atoms with van der Waals surface area (Å²) in [5.41, 5.74) is 4.71. The number of hydrogen-bond acceptors (Lipinski definition) is 4. The maximum absolute atomic E-state index is 12.5. The van der Waals surface area contributed by atoms with E-state index in [-0.39, 0.29) is 42.1 Å². The van der Waals surface area contributed by atoms with E-state index in [9.17, 15) is 19.5 Å². The maximum Gasteiger partial charge on any atom is 0.407 e. The summed E-state index contributed by atoms with van der Waals surface area (Å²) in [5, 5.41) is 15.2. The molecule has 4 atom stereocenters. The van der Waals surface area contributed by atoms with E-state index >= 15 is 0 Å². The van der Waals surface area contributed by atoms with E-state index in [0.29, 0.717) is 19.5 Å². The fraction of sp³-hybridized carbons (Fsp3) is 0.464. The lowest BCUT2D eigenvalue weighted by Crippen LogP contribution is -2.38. The number of aliphatic carboxylic acids is 1. The van der Waals surface area contributed by atoms with Gasteiger partial charge in [0, 0.05) is 24.9 Å². The van der Waals surface area contributed by atoms with Crippen LogP contribution in [0.5, 0.6) is 0 Å². The van der Waals surface area contributed by atoms with Crippen LogP contribution in [-0.4, -0.2) is 42.8 Å². The molecule has 3 aliphatic rings. The van der Waals surface area contributed by atoms with Crippen molar-refractivity contribution in [2.45, 2.75) is 38.0 Å². The molecule has 2 amide bonds. The number of hydrogen-bond donors (Lipinski definition) is 3. The highest BCUT2D eigenvalue weighted by Crippen LogP contribution is 2.44. The molecule has 3 aliphatic carbocycles. The first-order valence-electron chi connectivity index (χ1n) is 12.6. The number of amides is 2. The molecular weight excluding hydrogens is 444 g/mol. The van der Waals surface area contributed by atoms with Crippen molar-refractivity contribution >= 4 is 18.0 Å². The first-order chi connectivity index (χ1) is 17.0. The number of benzene rings is 2. The minimum absolute atomic E-state index is 0.00125. The van der Waals surface area contributed by atoms with Gasteiger partial charge < -0.3 is 20.5 Å². The number of alkyl carbamates (subject to hydrolysis) is 1. The lowest BCUT2D eigenvalue weighted by Gasteiger charge is -2.28. The van der Waals surface area contributed by atoms with Crippen molar-refractivity contribution < 1.29 is 24.2 Å². The van der Waals surface area contributed by atoms with Crippen molar-refractivity contribution in [3.63, 3.8) is 0 Å². The van der Waals surface area contributed by atoms with Gasteiger partial charge >= 0.3 is 12.1 Å². The number of fused-ring (bicyclic) bond motifs is 3. The molecule has 2 aromatic rings. The maximum atomic E-state index is 12.5. The quantitative estimate of drug-likeness (QED) is 0.531. The number of nitrogens with one attached hydrogen (secondary N) is 2. The lowest BCUT2D eigenvalue weighted by atomic mass is 9.79. The van der Waals surface area contributed by atoms with Crippen LogP contribution in [0.2, 0.25) is 0 Å². The van der Waals surface area contributed by atoms with E-state index in [1.807, 2.05) is 24.3 Å². The first-order valence-corrected chi connectivity index (χ1v) is 12.6. The lowest BCUT2D eigenvalue weighted by molar-refractivity contribution is -0.145. The van der Waals surface area contributed by atoms with Gasteiger partial charge in [-0.05, 0) is 53.4 Å². The summed E-state index contributed by atoms with van der Waals surface area (Å²) in [6, 6.07) is 16.4. The Morgan fingerprint density at radius 3 is 2.14 bits per heavy atom. The predicted molar refractivity (Wildman–Crippen MR) is 131 cm³/mol. The summed E-state index contributed by atoms with van der Waals surface area (Å²) >= 11 is 0. The average molecular weight is 477 g/mol. The number of carboxylic acids is 1. The molecule has 0 bridgehead atoms. The van der Waals surface area contributed by atoms with Gasteiger partial charge in [0.25, 0.3) is 0 Å². The van der Waals surface area contributed by atoms with Crippen molar-refractivity contribution in [2.24, 2.45) is 23.7 Å². The van der Waals surface area contributed by atoms with Crippen molar-refractivity contribution in [1.82, 2.24) is 10.6 Å². The molecule has 35 heavy (non-hydrogen) atoms. The molecule has 0 radical (unpaired) electrons. The zero-order chi connectivity index (χ0) is 24.4. The fourth-order valence-electron chi connectivity index (χ4n) is 5.80. The van der Waals surface area contributed by atoms with Gasteiger partial charge in [-0.3, -0.25) is 9.59 Å². The zero-order valence-corrected chi connectivity index (χ0v) is 19.7. The van der Waals surface area contributed by atoms with Crippen molar-refractivity contribution in [1.29, 1.82) is 0 Å². The molecule has 7 nitrogen and oxygen atoms in total. The number of carbonyl (C=O) groups is 3. The first kappa shape index (κ1) is 23.4. The molecule has 0 saturated heterocycles. The third kappa shape index (κ3) is 5.04. The Balaban J connectivity index is 1.05. The highest BCUT2D eigenvalue weighted by Gasteiger charge is 2.43. The highest BCUT2D eigenvalue weighted by atomic mass is 16.5. The molecular formula is C28H32N2O5. The van der Waals surface area contributed by atoms with E-state index < -0.39 is 12.1 Å². The van der Waals surface area contributed by atoms with Gasteiger partial charge in [0.15, 0.2) is 0 Å². The van der Waals surface area contributed by atoms with Crippen LogP contribution in [0.1, 0.15) is 49.1 Å². The van der Waals surface area contributed by atoms with Gasteiger partial charge in [-0.2, -0.15) is 0 Å². The Labute approximate surface area is 205 Å². The summed E-state index contributed by atoms with van der Waals surface area (Å²) in [7, 11) is 0. The van der Waals surface area contributed by atoms with E-state index in [0.717, 1.165) is 25.7 Å². The molecule has 2 aromatic carbocycles. The van der Waals surface area contributed by atoms with Crippen LogP contribution in [-0.2, 0) is 14.3 Å². The van der Waals surface area contributed by atoms with Crippen molar-refractivity contribution in [3.05, 3.63) is 59.7 Å². The molecule has 0 spiro atoms. The molecule has 2 saturated carbocycles. The van der Waals surface area contributed by atoms with Crippen LogP contribution in [0.15, 0.2) is 48.5 Å². The largest absolute Gasteiger partial charge is 0.481 e. The number of carbonyl (C=O) groups excluding carboxylic acids is 2. The molecule has 7 heteroatoms. The van der Waals surface area contributed by atoms with Crippen LogP contribution in [0.25, 0.3) is 11.1 Å². The van der Waals surface area contributed by atoms with Crippen LogP contribution in [0.4, 0.5) is 4.79 Å². The summed E-state index contributed by atoms with van der Waals surface area (Å²) in [6.45, 7) is 1.08. The van der Waals surface area contributed by atoms with E-state index in [1.165, 1.54) is 22.3 Å². The normalized spacial score (nSPS) is 24.7. The summed E-state index contributed by atoms with van der Waals surface area (Å²) < 4.78 is 5.57. The van der Waals surface area contributed by atoms with Crippen LogP contribution >= 0.6 is 0 Å². The Morgan fingerprint density at radius 2 is 1.46 bits per heavy atom. The minimum Gasteiger partial charge on any atom is -0.481 e. The number of carboxylic acid groups (broad SMARTS) is 1. The van der Waals surface area contributed by atoms with Crippen LogP contribution < -0.4 is 10.6 Å². The Hall–Kier alpha value is -3.35. The van der Waals surface area contributed by atoms with Gasteiger partial charge in [-0.15, -0.1) is 0 Å². The molecule has 5 rings (SSSR count). The van der Waals surface area contributed by atoms with Crippen LogP contribution in [0.3, 0.4) is 0 Å². The van der Waals surface area contributed by atoms with Crippen LogP contribution in [0, 0.1) is 23.7 Å². The Kier molecular flexibility index (Phi) is 6.75. The summed E-state index contributed by atoms with van der Waals surface area (Å²) in [6.07, 6.45) is 3.74. The Bertz CT molecular complexity index is 1070. The molecule has 0 aromatic heterocycles. The Morgan fingerprint density at radius 1 is 0.829 bits per heavy atom. The summed E-state index contributed by atoms with van der Waals surface area (Å²) in [4.78, 5) is 36.3. The third-order valence-corrected chi connectivity index (χ3v) is 7.88. The fourth-order valence-corrected chi connectivity index (χ4v) is 5.80. The number of ether oxygens (including phenoxy) is 1. The van der Waals surface area contributed by atoms with E-state index in [1.54, 1.807) is 0 Å². The monoisotopic (exact) mass is 476 g/mol. The molecule has 0 aliphatic heterocycles. The highest BCUT2D eigenvalue weighted by molar-refractivity contribution is 5.82. The standard InChI is InChI=1S/C28H32N2O5/c31-26(29-14-17-7-1-2-8-19(17)27(32)33)24-13-18(24)15-30-28(34)35-16-25-22-11-5-3-9-20(22)21-10-4-6-12-23(21)25/h3-6,9-12,17-19,24-25H,1-2,7-8,13-16H2,(H,29,31)(H,30,34)(H,32,33)/t17-,18-,19-,24-/m0/s1. The molecule has 184 valence electrons. The molecule has 0 heterocycles. The van der Waals surface area contributed by atoms with Crippen molar-refractivity contribution in [2.75, 3.05) is 19.7 Å². The predicted octanol–water partition coefficient (Wildman–Crippen LogP) is 4.17. The van der Waals surface area contributed by atoms with Gasteiger partial charge in [0.05, 0.1) is 5.92 Å². The van der Waals surface area contributed by atoms with Gasteiger partial charge in [-0.25, -0.2) is 4.79 Å². The third-order valence-electron chi connectivity index (χ3n) is 7.88.